The van der Waals surface area contributed by atoms with Crippen molar-refractivity contribution in [3.05, 3.63) is 118 Å². The number of nitrogens with zero attached hydrogens (tertiary/aromatic N) is 5. The van der Waals surface area contributed by atoms with Crippen LogP contribution < -0.4 is 50.0 Å². The van der Waals surface area contributed by atoms with Crippen molar-refractivity contribution in [2.24, 2.45) is 20.5 Å². The summed E-state index contributed by atoms with van der Waals surface area (Å²) < 4.78 is 32.6. The maximum atomic E-state index is 12.5. The van der Waals surface area contributed by atoms with Crippen LogP contribution in [0.15, 0.2) is 128 Å². The smallest absolute Gasteiger partial charge is 0.871 e. The number of fused-ring (bicyclic) bond motifs is 2. The Balaban J connectivity index is 0.000000267. The molecule has 0 unspecified atom stereocenters. The first-order chi connectivity index (χ1) is 22.8. The molecule has 0 aliphatic heterocycles. The molecule has 6 aromatic rings. The summed E-state index contributed by atoms with van der Waals surface area (Å²) in [6, 6.07) is 24.6. The third-order valence-electron chi connectivity index (χ3n) is 6.69. The minimum Gasteiger partial charge on any atom is -0.871 e. The Bertz CT molecular complexity index is 2400. The summed E-state index contributed by atoms with van der Waals surface area (Å²) in [6.07, 6.45) is 0. The van der Waals surface area contributed by atoms with Gasteiger partial charge in [0, 0.05) is 27.6 Å². The van der Waals surface area contributed by atoms with E-state index in [1.165, 1.54) is 54.6 Å². The van der Waals surface area contributed by atoms with Crippen LogP contribution in [0.1, 0.15) is 0 Å². The van der Waals surface area contributed by atoms with E-state index in [2.05, 4.69) is 20.5 Å². The van der Waals surface area contributed by atoms with E-state index in [1.54, 1.807) is 12.1 Å². The van der Waals surface area contributed by atoms with Crippen LogP contribution in [0.4, 0.5) is 28.4 Å². The minimum atomic E-state index is -4.67. The van der Waals surface area contributed by atoms with Gasteiger partial charge in [-0.3, -0.25) is 14.7 Å². The van der Waals surface area contributed by atoms with Crippen LogP contribution in [0.25, 0.3) is 21.5 Å². The first kappa shape index (κ1) is 39.8. The van der Waals surface area contributed by atoms with Crippen molar-refractivity contribution in [3.8, 4) is 23.0 Å². The fraction of sp³-hybridized carbons (Fsp3) is 0. The number of hydrogen-bond acceptors (Lipinski definition) is 12. The molecule has 245 valence electrons. The van der Waals surface area contributed by atoms with Crippen molar-refractivity contribution in [1.29, 1.82) is 0 Å². The monoisotopic (exact) mass is 758 g/mol. The molecular weight excluding hydrogens is 741 g/mol. The van der Waals surface area contributed by atoms with E-state index in [9.17, 15) is 43.5 Å². The van der Waals surface area contributed by atoms with Gasteiger partial charge in [-0.25, -0.2) is 0 Å². The predicted molar refractivity (Wildman–Crippen MR) is 168 cm³/mol. The molecule has 0 aromatic heterocycles. The van der Waals surface area contributed by atoms with Crippen LogP contribution in [0.2, 0.25) is 5.02 Å². The SMILES string of the molecule is O=[N+]([O-])c1cccc(N=Nc2cc(S(=O)(=O)O)c3ccccc3c2[O-])c1[O-].[Cr+3].[Na+].[O-]c1ccc(Cl)cc1N=Nc1c([O-])ccc2ccccc12. The van der Waals surface area contributed by atoms with Gasteiger partial charge in [-0.1, -0.05) is 102 Å². The zero-order valence-electron chi connectivity index (χ0n) is 25.5. The molecule has 50 heavy (non-hydrogen) atoms. The zero-order valence-corrected chi connectivity index (χ0v) is 30.3. The predicted octanol–water partition coefficient (Wildman–Crippen LogP) is 3.61. The van der Waals surface area contributed by atoms with E-state index in [0.29, 0.717) is 10.4 Å². The van der Waals surface area contributed by atoms with Crippen molar-refractivity contribution >= 4 is 71.7 Å². The molecule has 1 radical (unpaired) electrons. The molecule has 0 atom stereocenters. The number of nitro benzene ring substituents is 1. The number of hydrogen-bond donors (Lipinski definition) is 1. The number of halogens is 1. The first-order valence-corrected chi connectivity index (χ1v) is 15.3. The zero-order chi connectivity index (χ0) is 34.6. The molecule has 0 saturated heterocycles. The number of azo groups is 2. The second kappa shape index (κ2) is 16.9. The van der Waals surface area contributed by atoms with Gasteiger partial charge in [0.2, 0.25) is 0 Å². The van der Waals surface area contributed by atoms with E-state index >= 15 is 0 Å². The van der Waals surface area contributed by atoms with Gasteiger partial charge in [0.15, 0.2) is 0 Å². The maximum absolute atomic E-state index is 12.5. The molecular formula is C32H18ClCrN5NaO9S. The van der Waals surface area contributed by atoms with Crippen LogP contribution >= 0.6 is 11.6 Å². The molecule has 6 aromatic carbocycles. The second-order valence-corrected chi connectivity index (χ2v) is 11.6. The Morgan fingerprint density at radius 2 is 1.24 bits per heavy atom. The molecule has 0 amide bonds. The molecule has 14 nitrogen and oxygen atoms in total. The minimum absolute atomic E-state index is 0. The van der Waals surface area contributed by atoms with Crippen molar-refractivity contribution in [3.63, 3.8) is 0 Å². The Kier molecular flexibility index (Phi) is 13.4. The van der Waals surface area contributed by atoms with Crippen molar-refractivity contribution in [2.45, 2.75) is 4.90 Å². The largest absolute Gasteiger partial charge is 3.00 e. The Hall–Kier alpha value is -4.63. The van der Waals surface area contributed by atoms with E-state index in [-0.39, 0.29) is 80.6 Å². The molecule has 6 rings (SSSR count). The number of nitro groups is 1. The molecule has 0 aliphatic carbocycles. The normalized spacial score (nSPS) is 11.2. The standard InChI is InChI=1S/C16H11ClN2O2.C16H11N3O7S.Cr.Na/c17-11-6-8-14(20)13(9-11)18-19-16-12-4-2-1-3-10(12)5-7-15(16)21;20-15-10-5-2-1-4-9(10)14(27(24,25)26)8-12(15)18-17-11-6-3-7-13(16(11)21)19(22)23;;/h1-9,20-21H;1-8,20-21H,(H,24,25,26);;/q;;+3;+1/p-4. The van der Waals surface area contributed by atoms with E-state index < -0.39 is 48.5 Å². The Morgan fingerprint density at radius 3 is 1.92 bits per heavy atom. The Morgan fingerprint density at radius 1 is 0.640 bits per heavy atom. The van der Waals surface area contributed by atoms with Gasteiger partial charge in [0.1, 0.15) is 4.90 Å². The average molecular weight is 759 g/mol. The molecule has 0 fully saturated rings. The van der Waals surface area contributed by atoms with Gasteiger partial charge in [-0.2, -0.15) is 28.9 Å². The molecule has 0 spiro atoms. The van der Waals surface area contributed by atoms with E-state index in [0.717, 1.165) is 23.6 Å². The van der Waals surface area contributed by atoms with Crippen LogP contribution in [0, 0.1) is 10.1 Å². The fourth-order valence-electron chi connectivity index (χ4n) is 4.44. The summed E-state index contributed by atoms with van der Waals surface area (Å²) in [6.45, 7) is 0. The van der Waals surface area contributed by atoms with Crippen LogP contribution in [0.3, 0.4) is 0 Å². The summed E-state index contributed by atoms with van der Waals surface area (Å²) >= 11 is 5.82. The molecule has 0 heterocycles. The maximum Gasteiger partial charge on any atom is 3.00 e. The summed E-state index contributed by atoms with van der Waals surface area (Å²) in [5.74, 6) is -2.23. The van der Waals surface area contributed by atoms with Gasteiger partial charge >= 0.3 is 46.9 Å². The number of benzene rings is 6. The summed E-state index contributed by atoms with van der Waals surface area (Å²) in [5.41, 5.74) is -1.24. The molecule has 18 heteroatoms. The Labute approximate surface area is 321 Å². The van der Waals surface area contributed by atoms with E-state index in [1.807, 2.05) is 18.2 Å². The molecule has 0 aliphatic rings. The van der Waals surface area contributed by atoms with Gasteiger partial charge in [0.25, 0.3) is 15.8 Å². The average Bonchev–Trinajstić information content (AvgIpc) is 3.05. The third-order valence-corrected chi connectivity index (χ3v) is 7.82. The topological polar surface area (TPSA) is 239 Å². The molecule has 1 N–H and O–H groups in total. The van der Waals surface area contributed by atoms with Crippen LogP contribution in [0.5, 0.6) is 23.0 Å². The number of para-hydroxylation sites is 1. The van der Waals surface area contributed by atoms with Gasteiger partial charge < -0.3 is 20.4 Å². The van der Waals surface area contributed by atoms with Gasteiger partial charge in [-0.15, -0.1) is 0 Å². The van der Waals surface area contributed by atoms with E-state index in [4.69, 9.17) is 11.6 Å². The summed E-state index contributed by atoms with van der Waals surface area (Å²) in [4.78, 5) is 9.36. The quantitative estimate of drug-likeness (QED) is 0.0857. The fourth-order valence-corrected chi connectivity index (χ4v) is 5.33. The van der Waals surface area contributed by atoms with Crippen LogP contribution in [-0.4, -0.2) is 17.9 Å². The second-order valence-electron chi connectivity index (χ2n) is 9.77. The van der Waals surface area contributed by atoms with Crippen molar-refractivity contribution in [1.82, 2.24) is 0 Å². The first-order valence-electron chi connectivity index (χ1n) is 13.5. The van der Waals surface area contributed by atoms with Gasteiger partial charge in [-0.05, 0) is 35.0 Å². The van der Waals surface area contributed by atoms with Crippen LogP contribution in [-0.2, 0) is 27.5 Å². The molecule has 0 saturated carbocycles. The van der Waals surface area contributed by atoms with Gasteiger partial charge in [0.05, 0.1) is 27.7 Å². The third kappa shape index (κ3) is 8.93. The number of rotatable bonds is 6. The summed E-state index contributed by atoms with van der Waals surface area (Å²) in [5, 5.41) is 75.7. The van der Waals surface area contributed by atoms with Crippen molar-refractivity contribution in [2.75, 3.05) is 0 Å². The molecule has 0 bridgehead atoms. The summed E-state index contributed by atoms with van der Waals surface area (Å²) in [7, 11) is -4.67. The van der Waals surface area contributed by atoms with Crippen molar-refractivity contribution < 1.29 is 85.2 Å².